The molecule has 0 aromatic heterocycles. The molecule has 0 spiro atoms. The molecule has 2 aromatic rings. The van der Waals surface area contributed by atoms with Crippen LogP contribution in [0.4, 0.5) is 11.4 Å². The highest BCUT2D eigenvalue weighted by Crippen LogP contribution is 2.27. The van der Waals surface area contributed by atoms with Crippen molar-refractivity contribution in [2.45, 2.75) is 26.3 Å². The van der Waals surface area contributed by atoms with Gasteiger partial charge >= 0.3 is 0 Å². The van der Waals surface area contributed by atoms with Crippen molar-refractivity contribution in [2.75, 3.05) is 17.7 Å². The Morgan fingerprint density at radius 1 is 1.10 bits per heavy atom. The highest BCUT2D eigenvalue weighted by Gasteiger charge is 2.07. The Bertz CT molecular complexity index is 576. The number of halogens is 1. The van der Waals surface area contributed by atoms with Crippen molar-refractivity contribution in [3.05, 3.63) is 58.6 Å². The topological polar surface area (TPSA) is 29.3 Å². The van der Waals surface area contributed by atoms with Crippen LogP contribution in [0.5, 0.6) is 0 Å². The maximum absolute atomic E-state index is 6.04. The molecule has 0 aliphatic carbocycles. The molecule has 0 radical (unpaired) electrons. The Kier molecular flexibility index (Phi) is 4.56. The van der Waals surface area contributed by atoms with E-state index in [1.807, 2.05) is 25.2 Å². The average Bonchev–Trinajstić information content (AvgIpc) is 2.42. The predicted octanol–water partition coefficient (Wildman–Crippen LogP) is 4.68. The van der Waals surface area contributed by atoms with E-state index in [2.05, 4.69) is 43.0 Å². The van der Waals surface area contributed by atoms with Crippen LogP contribution in [0, 0.1) is 0 Å². The monoisotopic (exact) mass is 288 g/mol. The Morgan fingerprint density at radius 2 is 1.75 bits per heavy atom. The second-order valence-corrected chi connectivity index (χ2v) is 5.89. The first kappa shape index (κ1) is 14.7. The van der Waals surface area contributed by atoms with E-state index in [9.17, 15) is 0 Å². The summed E-state index contributed by atoms with van der Waals surface area (Å²) < 4.78 is 0. The highest BCUT2D eigenvalue weighted by atomic mass is 35.5. The maximum atomic E-state index is 6.04. The first-order valence-corrected chi connectivity index (χ1v) is 7.20. The van der Waals surface area contributed by atoms with Gasteiger partial charge in [-0.3, -0.25) is 0 Å². The summed E-state index contributed by atoms with van der Waals surface area (Å²) in [7, 11) is 2.03. The second-order valence-electron chi connectivity index (χ2n) is 5.46. The quantitative estimate of drug-likeness (QED) is 0.828. The van der Waals surface area contributed by atoms with E-state index >= 15 is 0 Å². The van der Waals surface area contributed by atoms with Gasteiger partial charge in [0, 0.05) is 18.6 Å². The van der Waals surface area contributed by atoms with Crippen molar-refractivity contribution in [1.82, 2.24) is 0 Å². The molecule has 2 rings (SSSR count). The summed E-state index contributed by atoms with van der Waals surface area (Å²) in [5.74, 6) is 0.561. The van der Waals surface area contributed by atoms with Gasteiger partial charge in [0.2, 0.25) is 0 Å². The molecule has 2 N–H and O–H groups in total. The van der Waals surface area contributed by atoms with Gasteiger partial charge in [-0.25, -0.2) is 0 Å². The number of hydrogen-bond donors (Lipinski definition) is 1. The molecule has 0 aliphatic heterocycles. The van der Waals surface area contributed by atoms with Crippen molar-refractivity contribution >= 4 is 23.0 Å². The molecule has 3 heteroatoms. The van der Waals surface area contributed by atoms with Crippen molar-refractivity contribution < 1.29 is 0 Å². The Balaban J connectivity index is 2.14. The molecule has 0 unspecified atom stereocenters. The first-order valence-electron chi connectivity index (χ1n) is 6.82. The fraction of sp³-hybridized carbons (Fsp3) is 0.294. The third-order valence-corrected chi connectivity index (χ3v) is 3.70. The molecule has 0 atom stereocenters. The first-order chi connectivity index (χ1) is 9.47. The number of nitrogen functional groups attached to an aromatic ring is 1. The van der Waals surface area contributed by atoms with Gasteiger partial charge in [0.25, 0.3) is 0 Å². The van der Waals surface area contributed by atoms with E-state index in [4.69, 9.17) is 17.3 Å². The van der Waals surface area contributed by atoms with Gasteiger partial charge in [0.05, 0.1) is 11.4 Å². The Morgan fingerprint density at radius 3 is 2.35 bits per heavy atom. The Hall–Kier alpha value is -1.67. The molecular formula is C17H21ClN2. The van der Waals surface area contributed by atoms with Crippen molar-refractivity contribution in [3.8, 4) is 0 Å². The van der Waals surface area contributed by atoms with E-state index in [1.54, 1.807) is 0 Å². The Labute approximate surface area is 126 Å². The van der Waals surface area contributed by atoms with Crippen LogP contribution in [0.2, 0.25) is 5.02 Å². The van der Waals surface area contributed by atoms with Crippen molar-refractivity contribution in [1.29, 1.82) is 0 Å². The summed E-state index contributed by atoms with van der Waals surface area (Å²) in [4.78, 5) is 2.12. The number of hydrogen-bond acceptors (Lipinski definition) is 2. The predicted molar refractivity (Wildman–Crippen MR) is 88.5 cm³/mol. The molecule has 0 saturated carbocycles. The summed E-state index contributed by atoms with van der Waals surface area (Å²) in [5, 5.41) is 0.705. The number of nitrogens with zero attached hydrogens (tertiary/aromatic N) is 1. The molecule has 2 nitrogen and oxygen atoms in total. The largest absolute Gasteiger partial charge is 0.397 e. The van der Waals surface area contributed by atoms with Gasteiger partial charge in [0.15, 0.2) is 0 Å². The lowest BCUT2D eigenvalue weighted by Crippen LogP contribution is -2.17. The summed E-state index contributed by atoms with van der Waals surface area (Å²) in [5.41, 5.74) is 10.3. The van der Waals surface area contributed by atoms with Crippen molar-refractivity contribution in [2.24, 2.45) is 0 Å². The van der Waals surface area contributed by atoms with E-state index < -0.39 is 0 Å². The molecule has 0 fully saturated rings. The van der Waals surface area contributed by atoms with Crippen LogP contribution in [0.3, 0.4) is 0 Å². The van der Waals surface area contributed by atoms with Gasteiger partial charge in [-0.15, -0.1) is 0 Å². The van der Waals surface area contributed by atoms with Crippen LogP contribution < -0.4 is 10.6 Å². The summed E-state index contributed by atoms with van der Waals surface area (Å²) in [6, 6.07) is 14.3. The minimum atomic E-state index is 0.561. The molecule has 0 saturated heterocycles. The van der Waals surface area contributed by atoms with Crippen LogP contribution in [0.1, 0.15) is 30.9 Å². The molecule has 106 valence electrons. The summed E-state index contributed by atoms with van der Waals surface area (Å²) in [6.45, 7) is 5.21. The molecule has 0 heterocycles. The van der Waals surface area contributed by atoms with Gasteiger partial charge in [-0.05, 0) is 35.2 Å². The summed E-state index contributed by atoms with van der Waals surface area (Å²) in [6.07, 6.45) is 0. The smallest absolute Gasteiger partial charge is 0.0615 e. The molecule has 0 bridgehead atoms. The lowest BCUT2D eigenvalue weighted by Gasteiger charge is -2.21. The lowest BCUT2D eigenvalue weighted by atomic mass is 10.0. The van der Waals surface area contributed by atoms with Crippen LogP contribution in [-0.4, -0.2) is 7.05 Å². The highest BCUT2D eigenvalue weighted by molar-refractivity contribution is 6.31. The van der Waals surface area contributed by atoms with Gasteiger partial charge in [-0.2, -0.15) is 0 Å². The zero-order chi connectivity index (χ0) is 14.7. The molecule has 20 heavy (non-hydrogen) atoms. The third-order valence-electron chi connectivity index (χ3n) is 3.47. The minimum Gasteiger partial charge on any atom is -0.397 e. The molecule has 0 aliphatic rings. The van der Waals surface area contributed by atoms with Gasteiger partial charge in [-0.1, -0.05) is 49.7 Å². The van der Waals surface area contributed by atoms with Crippen LogP contribution in [0.25, 0.3) is 0 Å². The zero-order valence-electron chi connectivity index (χ0n) is 12.2. The SMILES string of the molecule is CC(C)c1ccc(CN(C)c2cc(Cl)ccc2N)cc1. The molecule has 2 aromatic carbocycles. The molecule has 0 amide bonds. The van der Waals surface area contributed by atoms with Crippen molar-refractivity contribution in [3.63, 3.8) is 0 Å². The normalized spacial score (nSPS) is 10.8. The van der Waals surface area contributed by atoms with E-state index in [0.717, 1.165) is 17.9 Å². The zero-order valence-corrected chi connectivity index (χ0v) is 13.0. The van der Waals surface area contributed by atoms with Crippen LogP contribution in [-0.2, 0) is 6.54 Å². The average molecular weight is 289 g/mol. The van der Waals surface area contributed by atoms with E-state index in [-0.39, 0.29) is 0 Å². The van der Waals surface area contributed by atoms with Crippen LogP contribution in [0.15, 0.2) is 42.5 Å². The van der Waals surface area contributed by atoms with Gasteiger partial charge in [0.1, 0.15) is 0 Å². The number of benzene rings is 2. The lowest BCUT2D eigenvalue weighted by molar-refractivity contribution is 0.861. The summed E-state index contributed by atoms with van der Waals surface area (Å²) >= 11 is 6.04. The third kappa shape index (κ3) is 3.45. The van der Waals surface area contributed by atoms with Crippen LogP contribution >= 0.6 is 11.6 Å². The minimum absolute atomic E-state index is 0.561. The second kappa shape index (κ2) is 6.19. The molecular weight excluding hydrogens is 268 g/mol. The number of nitrogens with two attached hydrogens (primary N) is 1. The fourth-order valence-corrected chi connectivity index (χ4v) is 2.38. The number of anilines is 2. The standard InChI is InChI=1S/C17H21ClN2/c1-12(2)14-6-4-13(5-7-14)11-20(3)17-10-15(18)8-9-16(17)19/h4-10,12H,11,19H2,1-3H3. The van der Waals surface area contributed by atoms with Gasteiger partial charge < -0.3 is 10.6 Å². The number of rotatable bonds is 4. The maximum Gasteiger partial charge on any atom is 0.0615 e. The fourth-order valence-electron chi connectivity index (χ4n) is 2.21. The van der Waals surface area contributed by atoms with E-state index in [1.165, 1.54) is 11.1 Å². The van der Waals surface area contributed by atoms with E-state index in [0.29, 0.717) is 10.9 Å².